The summed E-state index contributed by atoms with van der Waals surface area (Å²) in [6.07, 6.45) is 6.43. The molecule has 0 aromatic carbocycles. The fourth-order valence-electron chi connectivity index (χ4n) is 1.80. The van der Waals surface area contributed by atoms with E-state index in [-0.39, 0.29) is 0 Å². The zero-order valence-electron chi connectivity index (χ0n) is 10.1. The van der Waals surface area contributed by atoms with Crippen molar-refractivity contribution in [3.05, 3.63) is 47.8 Å². The zero-order chi connectivity index (χ0) is 11.3. The number of hydrogen-bond donors (Lipinski definition) is 0. The number of fused-ring (bicyclic) bond motifs is 1. The highest BCUT2D eigenvalue weighted by atomic mass is 15.0. The summed E-state index contributed by atoms with van der Waals surface area (Å²) < 4.78 is 2.28. The second-order valence-corrected chi connectivity index (χ2v) is 3.36. The molecule has 0 unspecified atom stereocenters. The topological polar surface area (TPSA) is 3.88 Å². The highest BCUT2D eigenvalue weighted by Gasteiger charge is 2.22. The highest BCUT2D eigenvalue weighted by Crippen LogP contribution is 2.21. The van der Waals surface area contributed by atoms with E-state index >= 15 is 0 Å². The number of rotatable bonds is 1. The molecule has 0 radical (unpaired) electrons. The minimum absolute atomic E-state index is 1.02. The molecule has 1 aromatic heterocycles. The summed E-state index contributed by atoms with van der Waals surface area (Å²) in [5.74, 6) is 0. The Balaban J connectivity index is 0.000000531. The lowest BCUT2D eigenvalue weighted by molar-refractivity contribution is -0.686. The molecule has 1 nitrogen and oxygen atoms in total. The number of pyridine rings is 1. The van der Waals surface area contributed by atoms with Crippen molar-refractivity contribution in [1.82, 2.24) is 0 Å². The molecule has 1 aromatic rings. The lowest BCUT2D eigenvalue weighted by Crippen LogP contribution is -2.33. The molecule has 1 heteroatoms. The monoisotopic (exact) mass is 202 g/mol. The van der Waals surface area contributed by atoms with Crippen molar-refractivity contribution in [2.45, 2.75) is 34.2 Å². The van der Waals surface area contributed by atoms with Gasteiger partial charge in [0.15, 0.2) is 12.7 Å². The fourth-order valence-corrected chi connectivity index (χ4v) is 1.80. The highest BCUT2D eigenvalue weighted by molar-refractivity contribution is 5.66. The van der Waals surface area contributed by atoms with Crippen LogP contribution in [-0.2, 0) is 6.54 Å². The van der Waals surface area contributed by atoms with Gasteiger partial charge in [-0.2, -0.15) is 4.57 Å². The van der Waals surface area contributed by atoms with Crippen LogP contribution in [-0.4, -0.2) is 0 Å². The van der Waals surface area contributed by atoms with E-state index in [2.05, 4.69) is 55.0 Å². The van der Waals surface area contributed by atoms with Gasteiger partial charge in [0.1, 0.15) is 0 Å². The molecule has 2 rings (SSSR count). The summed E-state index contributed by atoms with van der Waals surface area (Å²) in [6.45, 7) is 9.27. The number of nitrogens with zero attached hydrogens (tertiary/aromatic N) is 1. The van der Waals surface area contributed by atoms with E-state index in [1.165, 1.54) is 16.8 Å². The fraction of sp³-hybridized carbons (Fsp3) is 0.357. The van der Waals surface area contributed by atoms with Gasteiger partial charge in [0.2, 0.25) is 5.69 Å². The summed E-state index contributed by atoms with van der Waals surface area (Å²) in [5, 5.41) is 0. The molecule has 0 N–H and O–H groups in total. The van der Waals surface area contributed by atoms with Crippen LogP contribution in [0.3, 0.4) is 0 Å². The van der Waals surface area contributed by atoms with Gasteiger partial charge in [-0.3, -0.25) is 0 Å². The first-order chi connectivity index (χ1) is 7.33. The van der Waals surface area contributed by atoms with E-state index in [1.54, 1.807) is 0 Å². The van der Waals surface area contributed by atoms with Crippen molar-refractivity contribution in [2.75, 3.05) is 0 Å². The van der Waals surface area contributed by atoms with Gasteiger partial charge in [0.25, 0.3) is 0 Å². The quantitative estimate of drug-likeness (QED) is 0.615. The van der Waals surface area contributed by atoms with Gasteiger partial charge >= 0.3 is 0 Å². The SMILES string of the molecule is C/C=C\C1=C(C)c2cccc[n+]2C1.CC. The third-order valence-corrected chi connectivity index (χ3v) is 2.52. The summed E-state index contributed by atoms with van der Waals surface area (Å²) in [4.78, 5) is 0. The Labute approximate surface area is 92.8 Å². The van der Waals surface area contributed by atoms with E-state index in [0.29, 0.717) is 0 Å². The van der Waals surface area contributed by atoms with Gasteiger partial charge in [-0.05, 0) is 19.9 Å². The number of aromatic nitrogens is 1. The molecule has 0 bridgehead atoms. The first-order valence-electron chi connectivity index (χ1n) is 5.64. The molecule has 2 heterocycles. The molecule has 0 spiro atoms. The van der Waals surface area contributed by atoms with E-state index in [1.807, 2.05) is 13.8 Å². The maximum atomic E-state index is 2.28. The van der Waals surface area contributed by atoms with Gasteiger partial charge in [-0.1, -0.05) is 26.0 Å². The van der Waals surface area contributed by atoms with Gasteiger partial charge in [-0.15, -0.1) is 0 Å². The second kappa shape index (κ2) is 5.50. The standard InChI is InChI=1S/C12H14N.C2H6/c1-3-6-11-9-13-8-5-4-7-12(13)10(11)2;1-2/h3-8H,9H2,1-2H3;1-2H3/q+1;/b6-3-;. The van der Waals surface area contributed by atoms with Crippen molar-refractivity contribution in [3.63, 3.8) is 0 Å². The second-order valence-electron chi connectivity index (χ2n) is 3.36. The molecule has 15 heavy (non-hydrogen) atoms. The zero-order valence-corrected chi connectivity index (χ0v) is 10.1. The van der Waals surface area contributed by atoms with Crippen molar-refractivity contribution in [1.29, 1.82) is 0 Å². The minimum atomic E-state index is 1.02. The normalized spacial score (nSPS) is 13.9. The van der Waals surface area contributed by atoms with Crippen LogP contribution >= 0.6 is 0 Å². The first kappa shape index (κ1) is 11.7. The van der Waals surface area contributed by atoms with Crippen LogP contribution in [0, 0.1) is 0 Å². The van der Waals surface area contributed by atoms with Crippen LogP contribution in [0.4, 0.5) is 0 Å². The molecular weight excluding hydrogens is 182 g/mol. The molecule has 1 aliphatic heterocycles. The summed E-state index contributed by atoms with van der Waals surface area (Å²) >= 11 is 0. The maximum absolute atomic E-state index is 2.28. The number of allylic oxidation sites excluding steroid dienone is 4. The van der Waals surface area contributed by atoms with Gasteiger partial charge in [-0.25, -0.2) is 0 Å². The third kappa shape index (κ3) is 2.35. The largest absolute Gasteiger partial charge is 0.208 e. The van der Waals surface area contributed by atoms with Crippen LogP contribution < -0.4 is 4.57 Å². The Morgan fingerprint density at radius 1 is 1.27 bits per heavy atom. The average Bonchev–Trinajstić information content (AvgIpc) is 2.60. The van der Waals surface area contributed by atoms with Crippen LogP contribution in [0.2, 0.25) is 0 Å². The Kier molecular flexibility index (Phi) is 4.29. The Morgan fingerprint density at radius 3 is 2.60 bits per heavy atom. The van der Waals surface area contributed by atoms with Crippen LogP contribution in [0.15, 0.2) is 42.1 Å². The van der Waals surface area contributed by atoms with Crippen LogP contribution in [0.5, 0.6) is 0 Å². The molecule has 0 saturated heterocycles. The summed E-state index contributed by atoms with van der Waals surface area (Å²) in [5.41, 5.74) is 4.17. The molecule has 0 fully saturated rings. The molecule has 80 valence electrons. The van der Waals surface area contributed by atoms with Crippen molar-refractivity contribution >= 4 is 5.57 Å². The van der Waals surface area contributed by atoms with Crippen LogP contribution in [0.1, 0.15) is 33.4 Å². The summed E-state index contributed by atoms with van der Waals surface area (Å²) in [7, 11) is 0. The predicted molar refractivity (Wildman–Crippen MR) is 65.4 cm³/mol. The Bertz CT molecular complexity index is 386. The third-order valence-electron chi connectivity index (χ3n) is 2.52. The Hall–Kier alpha value is -1.37. The molecular formula is C14H20N+. The molecule has 0 saturated carbocycles. The van der Waals surface area contributed by atoms with E-state index in [9.17, 15) is 0 Å². The van der Waals surface area contributed by atoms with E-state index in [4.69, 9.17) is 0 Å². The van der Waals surface area contributed by atoms with Crippen LogP contribution in [0.25, 0.3) is 5.57 Å². The smallest absolute Gasteiger partial charge is 0.194 e. The van der Waals surface area contributed by atoms with E-state index < -0.39 is 0 Å². The lowest BCUT2D eigenvalue weighted by atomic mass is 10.1. The minimum Gasteiger partial charge on any atom is -0.194 e. The van der Waals surface area contributed by atoms with E-state index in [0.717, 1.165) is 6.54 Å². The van der Waals surface area contributed by atoms with Gasteiger partial charge in [0, 0.05) is 23.3 Å². The predicted octanol–water partition coefficient (Wildman–Crippen LogP) is 3.36. The lowest BCUT2D eigenvalue weighted by Gasteiger charge is -1.90. The average molecular weight is 202 g/mol. The molecule has 0 amide bonds. The molecule has 0 atom stereocenters. The summed E-state index contributed by atoms with van der Waals surface area (Å²) in [6, 6.07) is 6.34. The Morgan fingerprint density at radius 2 is 2.00 bits per heavy atom. The maximum Gasteiger partial charge on any atom is 0.208 e. The number of hydrogen-bond acceptors (Lipinski definition) is 0. The molecule has 1 aliphatic rings. The van der Waals surface area contributed by atoms with Crippen molar-refractivity contribution in [3.8, 4) is 0 Å². The van der Waals surface area contributed by atoms with Gasteiger partial charge < -0.3 is 0 Å². The molecule has 0 aliphatic carbocycles. The van der Waals surface area contributed by atoms with Gasteiger partial charge in [0.05, 0.1) is 0 Å². The first-order valence-corrected chi connectivity index (χ1v) is 5.64. The van der Waals surface area contributed by atoms with Crippen molar-refractivity contribution in [2.24, 2.45) is 0 Å². The van der Waals surface area contributed by atoms with Crippen molar-refractivity contribution < 1.29 is 4.57 Å².